The van der Waals surface area contributed by atoms with Crippen LogP contribution >= 0.6 is 0 Å². The summed E-state index contributed by atoms with van der Waals surface area (Å²) in [7, 11) is 0. The molecule has 2 atom stereocenters. The molecule has 1 aromatic heterocycles. The van der Waals surface area contributed by atoms with Gasteiger partial charge in [-0.05, 0) is 18.8 Å². The first-order valence-corrected chi connectivity index (χ1v) is 10.2. The summed E-state index contributed by atoms with van der Waals surface area (Å²) in [6, 6.07) is 9.79. The van der Waals surface area contributed by atoms with Crippen molar-refractivity contribution in [3.05, 3.63) is 42.2 Å². The van der Waals surface area contributed by atoms with Crippen LogP contribution in [0.4, 0.5) is 0 Å². The van der Waals surface area contributed by atoms with E-state index in [1.807, 2.05) is 35.2 Å². The molecule has 29 heavy (non-hydrogen) atoms. The van der Waals surface area contributed by atoms with Gasteiger partial charge in [-0.15, -0.1) is 0 Å². The lowest BCUT2D eigenvalue weighted by atomic mass is 9.74. The Morgan fingerprint density at radius 2 is 2.00 bits per heavy atom. The third-order valence-corrected chi connectivity index (χ3v) is 6.48. The Morgan fingerprint density at radius 1 is 1.24 bits per heavy atom. The van der Waals surface area contributed by atoms with Crippen molar-refractivity contribution in [3.63, 3.8) is 0 Å². The predicted octanol–water partition coefficient (Wildman–Crippen LogP) is 1.96. The molecule has 0 spiro atoms. The lowest BCUT2D eigenvalue weighted by molar-refractivity contribution is -0.136. The molecule has 7 heteroatoms. The number of carbonyl (C=O) groups is 2. The molecule has 2 amide bonds. The molecule has 3 heterocycles. The van der Waals surface area contributed by atoms with Gasteiger partial charge in [0.25, 0.3) is 0 Å². The van der Waals surface area contributed by atoms with Crippen molar-refractivity contribution in [3.8, 4) is 11.3 Å². The number of nitrogens with zero attached hydrogens (tertiary/aromatic N) is 3. The second kappa shape index (κ2) is 7.99. The van der Waals surface area contributed by atoms with Gasteiger partial charge >= 0.3 is 0 Å². The van der Waals surface area contributed by atoms with Gasteiger partial charge in [-0.3, -0.25) is 9.59 Å². The van der Waals surface area contributed by atoms with Crippen molar-refractivity contribution in [2.75, 3.05) is 32.8 Å². The minimum absolute atomic E-state index is 0.00493. The first-order valence-electron chi connectivity index (χ1n) is 10.2. The van der Waals surface area contributed by atoms with Gasteiger partial charge < -0.3 is 19.4 Å². The maximum absolute atomic E-state index is 12.9. The van der Waals surface area contributed by atoms with Gasteiger partial charge in [0, 0.05) is 56.1 Å². The average Bonchev–Trinajstić information content (AvgIpc) is 3.37. The molecule has 2 fully saturated rings. The summed E-state index contributed by atoms with van der Waals surface area (Å²) < 4.78 is 5.16. The fourth-order valence-corrected chi connectivity index (χ4v) is 4.73. The van der Waals surface area contributed by atoms with Crippen molar-refractivity contribution in [2.45, 2.75) is 26.2 Å². The molecular formula is C22H27N3O4. The molecule has 2 saturated heterocycles. The fraction of sp³-hybridized carbons (Fsp3) is 0.500. The predicted molar refractivity (Wildman–Crippen MR) is 107 cm³/mol. The van der Waals surface area contributed by atoms with E-state index in [0.29, 0.717) is 39.0 Å². The number of amides is 2. The second-order valence-electron chi connectivity index (χ2n) is 8.28. The van der Waals surface area contributed by atoms with E-state index in [4.69, 9.17) is 4.52 Å². The fourth-order valence-electron chi connectivity index (χ4n) is 4.73. The molecule has 154 valence electrons. The Hall–Kier alpha value is -2.67. The number of carbonyl (C=O) groups excluding carboxylic acids is 2. The maximum atomic E-state index is 12.9. The molecule has 0 bridgehead atoms. The zero-order valence-corrected chi connectivity index (χ0v) is 16.7. The first-order chi connectivity index (χ1) is 14.0. The van der Waals surface area contributed by atoms with Crippen LogP contribution in [0.25, 0.3) is 11.3 Å². The lowest BCUT2D eigenvalue weighted by Gasteiger charge is -2.43. The summed E-state index contributed by atoms with van der Waals surface area (Å²) in [6.45, 7) is 3.94. The lowest BCUT2D eigenvalue weighted by Crippen LogP contribution is -2.52. The number of fused-ring (bicyclic) bond motifs is 1. The molecule has 2 aliphatic rings. The van der Waals surface area contributed by atoms with Crippen molar-refractivity contribution in [1.82, 2.24) is 15.0 Å². The number of aliphatic hydroxyl groups excluding tert-OH is 1. The van der Waals surface area contributed by atoms with Crippen LogP contribution in [0, 0.1) is 11.3 Å². The number of hydrogen-bond acceptors (Lipinski definition) is 5. The molecule has 2 aromatic rings. The minimum Gasteiger partial charge on any atom is -0.396 e. The zero-order chi connectivity index (χ0) is 20.4. The summed E-state index contributed by atoms with van der Waals surface area (Å²) in [6.07, 6.45) is 3.35. The molecule has 7 nitrogen and oxygen atoms in total. The van der Waals surface area contributed by atoms with Gasteiger partial charge in [0.05, 0.1) is 6.61 Å². The van der Waals surface area contributed by atoms with Crippen molar-refractivity contribution in [2.24, 2.45) is 11.3 Å². The van der Waals surface area contributed by atoms with Crippen LogP contribution in [-0.2, 0) is 16.0 Å². The number of aromatic nitrogens is 1. The Bertz CT molecular complexity index is 881. The highest BCUT2D eigenvalue weighted by Gasteiger charge is 2.50. The monoisotopic (exact) mass is 397 g/mol. The molecule has 1 aromatic carbocycles. The Morgan fingerprint density at radius 3 is 2.72 bits per heavy atom. The SMILES string of the molecule is CC(=O)N1C[C@H]2CCN(C(=O)CCc3conc3-c3ccccc3)C[C@@]2(CO)C1. The van der Waals surface area contributed by atoms with Gasteiger partial charge in [-0.25, -0.2) is 0 Å². The molecule has 0 saturated carbocycles. The van der Waals surface area contributed by atoms with Crippen LogP contribution in [0.15, 0.2) is 41.1 Å². The van der Waals surface area contributed by atoms with Gasteiger partial charge in [0.1, 0.15) is 12.0 Å². The van der Waals surface area contributed by atoms with Gasteiger partial charge in [0.15, 0.2) is 0 Å². The van der Waals surface area contributed by atoms with E-state index in [2.05, 4.69) is 5.16 Å². The zero-order valence-electron chi connectivity index (χ0n) is 16.7. The number of aryl methyl sites for hydroxylation is 1. The summed E-state index contributed by atoms with van der Waals surface area (Å²) in [4.78, 5) is 28.4. The normalized spacial score (nSPS) is 23.9. The number of benzene rings is 1. The summed E-state index contributed by atoms with van der Waals surface area (Å²) in [5.74, 6) is 0.354. The van der Waals surface area contributed by atoms with E-state index in [1.54, 1.807) is 18.1 Å². The highest BCUT2D eigenvalue weighted by atomic mass is 16.5. The first kappa shape index (κ1) is 19.6. The summed E-state index contributed by atoms with van der Waals surface area (Å²) >= 11 is 0. The second-order valence-corrected chi connectivity index (χ2v) is 8.28. The number of piperidine rings is 1. The van der Waals surface area contributed by atoms with E-state index < -0.39 is 5.41 Å². The average molecular weight is 397 g/mol. The summed E-state index contributed by atoms with van der Waals surface area (Å²) in [5, 5.41) is 14.2. The van der Waals surface area contributed by atoms with Crippen LogP contribution in [0.1, 0.15) is 25.3 Å². The number of likely N-dealkylation sites (tertiary alicyclic amines) is 2. The van der Waals surface area contributed by atoms with Gasteiger partial charge in [0.2, 0.25) is 11.8 Å². The molecule has 0 aliphatic carbocycles. The van der Waals surface area contributed by atoms with Gasteiger partial charge in [-0.2, -0.15) is 0 Å². The van der Waals surface area contributed by atoms with E-state index in [1.165, 1.54) is 0 Å². The largest absolute Gasteiger partial charge is 0.396 e. The van der Waals surface area contributed by atoms with Crippen LogP contribution in [0.3, 0.4) is 0 Å². The smallest absolute Gasteiger partial charge is 0.222 e. The third-order valence-electron chi connectivity index (χ3n) is 6.48. The Kier molecular flexibility index (Phi) is 5.41. The molecule has 1 N–H and O–H groups in total. The molecular weight excluding hydrogens is 370 g/mol. The number of hydrogen-bond donors (Lipinski definition) is 1. The van der Waals surface area contributed by atoms with Crippen LogP contribution < -0.4 is 0 Å². The molecule has 4 rings (SSSR count). The van der Waals surface area contributed by atoms with E-state index in [-0.39, 0.29) is 24.3 Å². The highest BCUT2D eigenvalue weighted by molar-refractivity contribution is 5.77. The molecule has 0 unspecified atom stereocenters. The van der Waals surface area contributed by atoms with Crippen LogP contribution in [0.5, 0.6) is 0 Å². The molecule has 0 radical (unpaired) electrons. The number of rotatable bonds is 5. The van der Waals surface area contributed by atoms with Crippen molar-refractivity contribution >= 4 is 11.8 Å². The van der Waals surface area contributed by atoms with E-state index >= 15 is 0 Å². The minimum atomic E-state index is -0.397. The van der Waals surface area contributed by atoms with Gasteiger partial charge in [-0.1, -0.05) is 35.5 Å². The standard InChI is InChI=1S/C22H27N3O4/c1-16(27)25-11-19-9-10-24(13-22(19,14-25)15-26)20(28)8-7-18-12-29-23-21(18)17-5-3-2-4-6-17/h2-6,12,19,26H,7-11,13-15H2,1H3/t19-,22+/m1/s1. The van der Waals surface area contributed by atoms with E-state index in [0.717, 1.165) is 23.2 Å². The van der Waals surface area contributed by atoms with E-state index in [9.17, 15) is 14.7 Å². The Balaban J connectivity index is 1.40. The maximum Gasteiger partial charge on any atom is 0.222 e. The van der Waals surface area contributed by atoms with Crippen molar-refractivity contribution < 1.29 is 19.2 Å². The van der Waals surface area contributed by atoms with Crippen LogP contribution in [0.2, 0.25) is 0 Å². The van der Waals surface area contributed by atoms with Crippen LogP contribution in [-0.4, -0.2) is 64.7 Å². The third kappa shape index (κ3) is 3.79. The Labute approximate surface area is 170 Å². The quantitative estimate of drug-likeness (QED) is 0.834. The number of aliphatic hydroxyl groups is 1. The topological polar surface area (TPSA) is 86.9 Å². The van der Waals surface area contributed by atoms with Crippen molar-refractivity contribution in [1.29, 1.82) is 0 Å². The summed E-state index contributed by atoms with van der Waals surface area (Å²) in [5.41, 5.74) is 2.27. The highest BCUT2D eigenvalue weighted by Crippen LogP contribution is 2.42. The molecule has 2 aliphatic heterocycles.